The molecule has 1 saturated carbocycles. The second-order valence-electron chi connectivity index (χ2n) is 4.71. The van der Waals surface area contributed by atoms with Gasteiger partial charge in [-0.1, -0.05) is 0 Å². The molecule has 0 unspecified atom stereocenters. The Morgan fingerprint density at radius 3 is 2.56 bits per heavy atom. The molecule has 0 atom stereocenters. The molecule has 0 aromatic carbocycles. The smallest absolute Gasteiger partial charge is 0.242 e. The van der Waals surface area contributed by atoms with E-state index >= 15 is 0 Å². The number of halogens is 1. The first kappa shape index (κ1) is 15.5. The zero-order valence-corrected chi connectivity index (χ0v) is 13.3. The highest BCUT2D eigenvalue weighted by Crippen LogP contribution is 2.18. The molecular weight excluding hydrogens is 343 g/mol. The first-order valence-corrected chi connectivity index (χ1v) is 6.62. The average molecular weight is 366 g/mol. The Bertz CT molecular complexity index is 298. The van der Waals surface area contributed by atoms with Gasteiger partial charge in [0.25, 0.3) is 0 Å². The predicted molar refractivity (Wildman–Crippen MR) is 83.4 cm³/mol. The van der Waals surface area contributed by atoms with Crippen molar-refractivity contribution in [2.24, 2.45) is 4.99 Å². The molecule has 18 heavy (non-hydrogen) atoms. The molecule has 0 radical (unpaired) electrons. The summed E-state index contributed by atoms with van der Waals surface area (Å²) in [4.78, 5) is 18.2. The van der Waals surface area contributed by atoms with Crippen LogP contribution < -0.4 is 10.6 Å². The predicted octanol–water partition coefficient (Wildman–Crippen LogP) is 0.944. The van der Waals surface area contributed by atoms with Crippen LogP contribution in [-0.2, 0) is 4.79 Å². The lowest BCUT2D eigenvalue weighted by Gasteiger charge is -2.20. The van der Waals surface area contributed by atoms with Crippen molar-refractivity contribution < 1.29 is 4.79 Å². The van der Waals surface area contributed by atoms with Crippen LogP contribution in [0.5, 0.6) is 0 Å². The van der Waals surface area contributed by atoms with E-state index in [0.717, 1.165) is 38.4 Å². The van der Waals surface area contributed by atoms with Crippen molar-refractivity contribution >= 4 is 35.8 Å². The summed E-state index contributed by atoms with van der Waals surface area (Å²) in [7, 11) is 0. The Balaban J connectivity index is 0.00000162. The van der Waals surface area contributed by atoms with Gasteiger partial charge in [-0.15, -0.1) is 24.0 Å². The molecular formula is C12H23IN4O. The first-order valence-electron chi connectivity index (χ1n) is 6.62. The molecule has 0 spiro atoms. The van der Waals surface area contributed by atoms with E-state index in [1.807, 2.05) is 0 Å². The minimum absolute atomic E-state index is 0. The molecule has 2 fully saturated rings. The minimum Gasteiger partial charge on any atom is -0.357 e. The largest absolute Gasteiger partial charge is 0.357 e. The number of guanidine groups is 1. The summed E-state index contributed by atoms with van der Waals surface area (Å²) in [6.45, 7) is 5.25. The van der Waals surface area contributed by atoms with E-state index < -0.39 is 0 Å². The van der Waals surface area contributed by atoms with Gasteiger partial charge in [0.2, 0.25) is 5.91 Å². The monoisotopic (exact) mass is 366 g/mol. The fourth-order valence-electron chi connectivity index (χ4n) is 2.00. The van der Waals surface area contributed by atoms with Gasteiger partial charge in [-0.3, -0.25) is 4.79 Å². The third-order valence-electron chi connectivity index (χ3n) is 3.06. The van der Waals surface area contributed by atoms with Crippen molar-refractivity contribution in [3.63, 3.8) is 0 Å². The van der Waals surface area contributed by atoms with Crippen molar-refractivity contribution in [1.29, 1.82) is 0 Å². The van der Waals surface area contributed by atoms with E-state index in [4.69, 9.17) is 0 Å². The van der Waals surface area contributed by atoms with Gasteiger partial charge in [0.15, 0.2) is 5.96 Å². The van der Waals surface area contributed by atoms with Gasteiger partial charge in [-0.05, 0) is 32.6 Å². The molecule has 2 N–H and O–H groups in total. The fourth-order valence-corrected chi connectivity index (χ4v) is 2.00. The molecule has 0 aromatic rings. The quantitative estimate of drug-likeness (QED) is 0.443. The van der Waals surface area contributed by atoms with Gasteiger partial charge < -0.3 is 15.5 Å². The van der Waals surface area contributed by atoms with E-state index in [2.05, 4.69) is 27.4 Å². The minimum atomic E-state index is 0. The Morgan fingerprint density at radius 2 is 2.00 bits per heavy atom. The molecule has 2 aliphatic rings. The lowest BCUT2D eigenvalue weighted by molar-refractivity contribution is -0.119. The number of likely N-dealkylation sites (tertiary alicyclic amines) is 1. The van der Waals surface area contributed by atoms with Crippen LogP contribution in [0.2, 0.25) is 0 Å². The lowest BCUT2D eigenvalue weighted by atomic mass is 10.4. The van der Waals surface area contributed by atoms with Crippen molar-refractivity contribution in [2.45, 2.75) is 38.6 Å². The number of aliphatic imine (C=N–C) groups is 1. The second-order valence-corrected chi connectivity index (χ2v) is 4.71. The lowest BCUT2D eigenvalue weighted by Crippen LogP contribution is -2.40. The number of hydrogen-bond donors (Lipinski definition) is 2. The van der Waals surface area contributed by atoms with Crippen LogP contribution >= 0.6 is 24.0 Å². The third kappa shape index (κ3) is 4.99. The molecule has 0 aromatic heterocycles. The average Bonchev–Trinajstić information content (AvgIpc) is 2.96. The Kier molecular flexibility index (Phi) is 6.73. The van der Waals surface area contributed by atoms with Crippen LogP contribution in [0.4, 0.5) is 0 Å². The maximum absolute atomic E-state index is 11.6. The zero-order valence-electron chi connectivity index (χ0n) is 10.9. The molecule has 1 saturated heterocycles. The van der Waals surface area contributed by atoms with Crippen LogP contribution in [0.1, 0.15) is 32.6 Å². The molecule has 1 amide bonds. The van der Waals surface area contributed by atoms with Gasteiger partial charge in [0, 0.05) is 25.7 Å². The maximum atomic E-state index is 11.6. The molecule has 2 rings (SSSR count). The van der Waals surface area contributed by atoms with E-state index in [1.165, 1.54) is 12.8 Å². The van der Waals surface area contributed by atoms with Crippen LogP contribution in [0.3, 0.4) is 0 Å². The summed E-state index contributed by atoms with van der Waals surface area (Å²) in [5.41, 5.74) is 0. The molecule has 1 aliphatic heterocycles. The van der Waals surface area contributed by atoms with Gasteiger partial charge in [-0.25, -0.2) is 4.99 Å². The van der Waals surface area contributed by atoms with Crippen LogP contribution in [-0.4, -0.2) is 49.0 Å². The van der Waals surface area contributed by atoms with Gasteiger partial charge >= 0.3 is 0 Å². The number of nitrogens with zero attached hydrogens (tertiary/aromatic N) is 2. The van der Waals surface area contributed by atoms with Gasteiger partial charge in [0.1, 0.15) is 6.54 Å². The van der Waals surface area contributed by atoms with E-state index in [-0.39, 0.29) is 36.4 Å². The van der Waals surface area contributed by atoms with E-state index in [9.17, 15) is 4.79 Å². The Hall–Kier alpha value is -0.530. The summed E-state index contributed by atoms with van der Waals surface area (Å²) < 4.78 is 0. The van der Waals surface area contributed by atoms with Gasteiger partial charge in [0.05, 0.1) is 0 Å². The maximum Gasteiger partial charge on any atom is 0.242 e. The van der Waals surface area contributed by atoms with Crippen molar-refractivity contribution in [2.75, 3.05) is 26.2 Å². The number of nitrogens with one attached hydrogen (secondary N) is 2. The van der Waals surface area contributed by atoms with E-state index in [1.54, 1.807) is 0 Å². The van der Waals surface area contributed by atoms with Crippen molar-refractivity contribution in [3.05, 3.63) is 0 Å². The van der Waals surface area contributed by atoms with Crippen LogP contribution in [0, 0.1) is 0 Å². The highest BCUT2D eigenvalue weighted by molar-refractivity contribution is 14.0. The standard InChI is InChI=1S/C12H22N4O.HI/c1-2-13-12(16-7-3-4-8-16)14-9-11(17)15-10-5-6-10;/h10H,2-9H2,1H3,(H,13,14)(H,15,17);1H. The summed E-state index contributed by atoms with van der Waals surface area (Å²) in [5.74, 6) is 0.929. The fraction of sp³-hybridized carbons (Fsp3) is 0.833. The number of carbonyl (C=O) groups is 1. The highest BCUT2D eigenvalue weighted by atomic mass is 127. The normalized spacial score (nSPS) is 19.4. The molecule has 0 bridgehead atoms. The Labute approximate surface area is 126 Å². The molecule has 1 heterocycles. The van der Waals surface area contributed by atoms with Crippen molar-refractivity contribution in [3.8, 4) is 0 Å². The molecule has 5 nitrogen and oxygen atoms in total. The second kappa shape index (κ2) is 7.81. The third-order valence-corrected chi connectivity index (χ3v) is 3.06. The molecule has 104 valence electrons. The summed E-state index contributed by atoms with van der Waals surface area (Å²) >= 11 is 0. The number of hydrogen-bond acceptors (Lipinski definition) is 2. The highest BCUT2D eigenvalue weighted by Gasteiger charge is 2.23. The molecule has 1 aliphatic carbocycles. The van der Waals surface area contributed by atoms with E-state index in [0.29, 0.717) is 6.04 Å². The van der Waals surface area contributed by atoms with Crippen molar-refractivity contribution in [1.82, 2.24) is 15.5 Å². The SMILES string of the molecule is CCNC(=NCC(=O)NC1CC1)N1CCCC1.I. The summed E-state index contributed by atoms with van der Waals surface area (Å²) in [6.07, 6.45) is 4.70. The summed E-state index contributed by atoms with van der Waals surface area (Å²) in [5, 5.41) is 6.19. The number of amides is 1. The zero-order chi connectivity index (χ0) is 12.1. The topological polar surface area (TPSA) is 56.7 Å². The number of rotatable bonds is 4. The molecule has 6 heteroatoms. The van der Waals surface area contributed by atoms with Crippen LogP contribution in [0.15, 0.2) is 4.99 Å². The van der Waals surface area contributed by atoms with Gasteiger partial charge in [-0.2, -0.15) is 0 Å². The first-order chi connectivity index (χ1) is 8.29. The number of carbonyl (C=O) groups excluding carboxylic acids is 1. The van der Waals surface area contributed by atoms with Crippen LogP contribution in [0.25, 0.3) is 0 Å². The summed E-state index contributed by atoms with van der Waals surface area (Å²) in [6, 6.07) is 0.423. The Morgan fingerprint density at radius 1 is 1.33 bits per heavy atom.